The smallest absolute Gasteiger partial charge is 0.272 e. The maximum atomic E-state index is 12.6. The molecule has 0 fully saturated rings. The summed E-state index contributed by atoms with van der Waals surface area (Å²) in [5, 5.41) is 7.46. The maximum absolute atomic E-state index is 12.6. The van der Waals surface area contributed by atoms with Gasteiger partial charge in [-0.2, -0.15) is 5.10 Å². The van der Waals surface area contributed by atoms with Crippen LogP contribution in [0.1, 0.15) is 37.0 Å². The van der Waals surface area contributed by atoms with E-state index in [2.05, 4.69) is 37.4 Å². The summed E-state index contributed by atoms with van der Waals surface area (Å²) in [6.45, 7) is 6.66. The summed E-state index contributed by atoms with van der Waals surface area (Å²) in [5.41, 5.74) is 1.98. The van der Waals surface area contributed by atoms with Gasteiger partial charge in [-0.05, 0) is 32.9 Å². The molecule has 3 rings (SSSR count). The molecule has 8 heteroatoms. The average Bonchev–Trinajstić information content (AvgIpc) is 3.06. The van der Waals surface area contributed by atoms with Crippen LogP contribution in [0.25, 0.3) is 5.82 Å². The largest absolute Gasteiger partial charge is 0.480 e. The van der Waals surface area contributed by atoms with E-state index in [-0.39, 0.29) is 11.4 Å². The third-order valence-corrected chi connectivity index (χ3v) is 4.20. The Bertz CT molecular complexity index is 906. The second-order valence-corrected chi connectivity index (χ2v) is 7.70. The van der Waals surface area contributed by atoms with Gasteiger partial charge in [0.15, 0.2) is 11.5 Å². The molecule has 0 bridgehead atoms. The van der Waals surface area contributed by atoms with Crippen LogP contribution in [0, 0.1) is 0 Å². The summed E-state index contributed by atoms with van der Waals surface area (Å²) in [6.07, 6.45) is 9.93. The van der Waals surface area contributed by atoms with Gasteiger partial charge in [-0.3, -0.25) is 4.79 Å². The lowest BCUT2D eigenvalue weighted by Gasteiger charge is -2.23. The van der Waals surface area contributed by atoms with Crippen LogP contribution in [0.5, 0.6) is 5.88 Å². The van der Waals surface area contributed by atoms with E-state index in [0.29, 0.717) is 23.8 Å². The summed E-state index contributed by atoms with van der Waals surface area (Å²) < 4.78 is 6.74. The van der Waals surface area contributed by atoms with Crippen LogP contribution in [0.4, 0.5) is 0 Å². The van der Waals surface area contributed by atoms with Crippen molar-refractivity contribution in [1.82, 2.24) is 30.0 Å². The van der Waals surface area contributed by atoms with Gasteiger partial charge in [0.25, 0.3) is 5.91 Å². The summed E-state index contributed by atoms with van der Waals surface area (Å²) in [5.74, 6) is 0.725. The molecule has 2 aromatic heterocycles. The number of hydrogen-bond acceptors (Lipinski definition) is 6. The number of hydrogen-bond donors (Lipinski definition) is 1. The topological polar surface area (TPSA) is 85.2 Å². The monoisotopic (exact) mass is 382 g/mol. The number of likely N-dealkylation sites (N-methyl/N-ethyl adjacent to an activating group) is 1. The van der Waals surface area contributed by atoms with Gasteiger partial charge in [-0.1, -0.05) is 12.2 Å². The first-order valence-corrected chi connectivity index (χ1v) is 9.11. The molecule has 0 saturated heterocycles. The van der Waals surface area contributed by atoms with Crippen molar-refractivity contribution < 1.29 is 9.53 Å². The number of allylic oxidation sites excluding steroid dienone is 3. The van der Waals surface area contributed by atoms with E-state index in [9.17, 15) is 4.79 Å². The molecule has 0 saturated carbocycles. The van der Waals surface area contributed by atoms with Gasteiger partial charge < -0.3 is 15.0 Å². The average molecular weight is 382 g/mol. The second kappa shape index (κ2) is 7.84. The van der Waals surface area contributed by atoms with Crippen molar-refractivity contribution in [2.24, 2.45) is 0 Å². The number of amides is 1. The minimum atomic E-state index is -0.349. The van der Waals surface area contributed by atoms with E-state index in [1.165, 1.54) is 13.3 Å². The van der Waals surface area contributed by atoms with Crippen LogP contribution in [0.2, 0.25) is 0 Å². The fourth-order valence-electron chi connectivity index (χ4n) is 2.81. The Hall–Kier alpha value is -3.16. The van der Waals surface area contributed by atoms with Crippen LogP contribution in [-0.2, 0) is 6.42 Å². The van der Waals surface area contributed by atoms with Crippen LogP contribution >= 0.6 is 0 Å². The molecular weight excluding hydrogens is 356 g/mol. The molecule has 0 aromatic carbocycles. The van der Waals surface area contributed by atoms with Gasteiger partial charge in [0.1, 0.15) is 0 Å². The second-order valence-electron chi connectivity index (χ2n) is 7.70. The predicted octanol–water partition coefficient (Wildman–Crippen LogP) is 2.13. The maximum Gasteiger partial charge on any atom is 0.272 e. The molecule has 0 spiro atoms. The lowest BCUT2D eigenvalue weighted by Crippen LogP contribution is -2.40. The number of nitrogens with zero attached hydrogens (tertiary/aromatic N) is 5. The van der Waals surface area contributed by atoms with Gasteiger partial charge >= 0.3 is 0 Å². The third kappa shape index (κ3) is 4.57. The van der Waals surface area contributed by atoms with Crippen LogP contribution < -0.4 is 10.1 Å². The number of methoxy groups -OCH3 is 1. The molecule has 8 nitrogen and oxygen atoms in total. The lowest BCUT2D eigenvalue weighted by atomic mass is 10.1. The Morgan fingerprint density at radius 2 is 2.07 bits per heavy atom. The molecule has 28 heavy (non-hydrogen) atoms. The zero-order valence-electron chi connectivity index (χ0n) is 16.9. The molecular formula is C20H26N6O2. The minimum Gasteiger partial charge on any atom is -0.480 e. The van der Waals surface area contributed by atoms with Crippen LogP contribution in [-0.4, -0.2) is 56.8 Å². The lowest BCUT2D eigenvalue weighted by molar-refractivity contribution is 0.0914. The predicted molar refractivity (Wildman–Crippen MR) is 106 cm³/mol. The molecule has 0 atom stereocenters. The Balaban J connectivity index is 1.98. The van der Waals surface area contributed by atoms with Crippen molar-refractivity contribution in [2.75, 3.05) is 20.7 Å². The summed E-state index contributed by atoms with van der Waals surface area (Å²) in [4.78, 5) is 23.4. The molecule has 0 unspecified atom stereocenters. The Morgan fingerprint density at radius 3 is 2.68 bits per heavy atom. The number of nitrogens with one attached hydrogen (secondary N) is 1. The molecule has 1 aliphatic rings. The summed E-state index contributed by atoms with van der Waals surface area (Å²) in [6, 6.07) is 1.81. The third-order valence-electron chi connectivity index (χ3n) is 4.20. The first-order chi connectivity index (χ1) is 13.3. The highest BCUT2D eigenvalue weighted by Crippen LogP contribution is 2.19. The Morgan fingerprint density at radius 1 is 1.29 bits per heavy atom. The van der Waals surface area contributed by atoms with Crippen molar-refractivity contribution >= 4 is 5.91 Å². The Kier molecular flexibility index (Phi) is 5.48. The van der Waals surface area contributed by atoms with Crippen molar-refractivity contribution in [3.8, 4) is 11.7 Å². The molecule has 1 aliphatic heterocycles. The summed E-state index contributed by atoms with van der Waals surface area (Å²) >= 11 is 0. The molecule has 0 aliphatic carbocycles. The van der Waals surface area contributed by atoms with Gasteiger partial charge in [0, 0.05) is 31.2 Å². The van der Waals surface area contributed by atoms with Crippen molar-refractivity contribution in [2.45, 2.75) is 32.7 Å². The van der Waals surface area contributed by atoms with E-state index in [1.807, 2.05) is 33.9 Å². The highest BCUT2D eigenvalue weighted by atomic mass is 16.5. The number of carbonyl (C=O) groups excluding carboxylic acids is 1. The van der Waals surface area contributed by atoms with E-state index in [0.717, 1.165) is 17.9 Å². The highest BCUT2D eigenvalue weighted by Gasteiger charge is 2.21. The fourth-order valence-corrected chi connectivity index (χ4v) is 2.81. The Labute approximate surface area is 164 Å². The number of aromatic nitrogens is 4. The minimum absolute atomic E-state index is 0.222. The molecule has 3 heterocycles. The first-order valence-electron chi connectivity index (χ1n) is 9.11. The number of rotatable bonds is 5. The van der Waals surface area contributed by atoms with E-state index < -0.39 is 0 Å². The van der Waals surface area contributed by atoms with Gasteiger partial charge in [0.2, 0.25) is 5.88 Å². The SMILES string of the molecule is COc1cnc(-n2nc(C(=O)NC(C)(C)C)cc2CC2=CC=CCN2C)cn1. The zero-order valence-corrected chi connectivity index (χ0v) is 16.9. The van der Waals surface area contributed by atoms with Gasteiger partial charge in [-0.25, -0.2) is 14.6 Å². The fraction of sp³-hybridized carbons (Fsp3) is 0.400. The van der Waals surface area contributed by atoms with E-state index in [4.69, 9.17) is 4.74 Å². The van der Waals surface area contributed by atoms with E-state index in [1.54, 1.807) is 16.9 Å². The molecule has 0 radical (unpaired) electrons. The van der Waals surface area contributed by atoms with Gasteiger partial charge in [-0.15, -0.1) is 0 Å². The van der Waals surface area contributed by atoms with Crippen LogP contribution in [0.15, 0.2) is 42.4 Å². The number of ether oxygens (including phenoxy) is 1. The molecule has 1 N–H and O–H groups in total. The van der Waals surface area contributed by atoms with Gasteiger partial charge in [0.05, 0.1) is 25.2 Å². The quantitative estimate of drug-likeness (QED) is 0.853. The first kappa shape index (κ1) is 19.6. The highest BCUT2D eigenvalue weighted by molar-refractivity contribution is 5.92. The zero-order chi connectivity index (χ0) is 20.3. The normalized spacial score (nSPS) is 14.0. The van der Waals surface area contributed by atoms with E-state index >= 15 is 0 Å². The molecule has 148 valence electrons. The van der Waals surface area contributed by atoms with Crippen molar-refractivity contribution in [3.63, 3.8) is 0 Å². The summed E-state index contributed by atoms with van der Waals surface area (Å²) in [7, 11) is 3.58. The van der Waals surface area contributed by atoms with Crippen molar-refractivity contribution in [3.05, 3.63) is 53.8 Å². The van der Waals surface area contributed by atoms with Crippen LogP contribution in [0.3, 0.4) is 0 Å². The molecule has 1 amide bonds. The van der Waals surface area contributed by atoms with Crippen molar-refractivity contribution in [1.29, 1.82) is 0 Å². The molecule has 2 aromatic rings. The standard InChI is InChI=1S/C20H26N6O2/c1-20(2,3)23-19(27)16-11-15(10-14-8-6-7-9-25(14)4)26(24-16)17-12-22-18(28-5)13-21-17/h6-8,11-13H,9-10H2,1-5H3,(H,23,27). The number of carbonyl (C=O) groups is 1.